The van der Waals surface area contributed by atoms with Crippen molar-refractivity contribution in [2.24, 2.45) is 0 Å². The van der Waals surface area contributed by atoms with Crippen molar-refractivity contribution in [3.05, 3.63) is 18.2 Å². The lowest BCUT2D eigenvalue weighted by atomic mass is 10.3. The molecule has 9 heteroatoms. The summed E-state index contributed by atoms with van der Waals surface area (Å²) < 4.78 is 59.7. The quantitative estimate of drug-likeness (QED) is 0.704. The van der Waals surface area contributed by atoms with Gasteiger partial charge in [0.25, 0.3) is 20.2 Å². The van der Waals surface area contributed by atoms with Gasteiger partial charge in [-0.15, -0.1) is 0 Å². The van der Waals surface area contributed by atoms with Crippen LogP contribution in [0.15, 0.2) is 28.0 Å². The number of rotatable bonds is 2. The van der Waals surface area contributed by atoms with E-state index in [1.807, 2.05) is 0 Å². The minimum Gasteiger partial charge on any atom is -0.282 e. The van der Waals surface area contributed by atoms with E-state index < -0.39 is 35.7 Å². The molecule has 0 heterocycles. The van der Waals surface area contributed by atoms with Gasteiger partial charge in [-0.25, -0.2) is 0 Å². The van der Waals surface area contributed by atoms with Crippen LogP contribution in [0.3, 0.4) is 0 Å². The lowest BCUT2D eigenvalue weighted by Gasteiger charge is -2.01. The molecule has 0 aromatic heterocycles. The Morgan fingerprint density at radius 1 is 0.867 bits per heavy atom. The maximum atomic E-state index is 10.6. The van der Waals surface area contributed by atoms with Gasteiger partial charge in [-0.2, -0.15) is 22.6 Å². The molecule has 1 rings (SSSR count). The number of hydrogen-bond donors (Lipinski definition) is 2. The van der Waals surface area contributed by atoms with Crippen molar-refractivity contribution in [2.75, 3.05) is 0 Å². The van der Waals surface area contributed by atoms with Gasteiger partial charge in [-0.05, 0) is 18.2 Å². The first-order valence-electron chi connectivity index (χ1n) is 3.40. The molecule has 15 heavy (non-hydrogen) atoms. The Labute approximate surface area is 86.0 Å². The summed E-state index contributed by atoms with van der Waals surface area (Å²) in [6.07, 6.45) is 0. The van der Waals surface area contributed by atoms with Gasteiger partial charge in [0.2, 0.25) is 0 Å². The monoisotopic (exact) mass is 251 g/mol. The van der Waals surface area contributed by atoms with Crippen LogP contribution < -0.4 is 5.73 Å². The molecule has 0 aliphatic carbocycles. The van der Waals surface area contributed by atoms with Crippen molar-refractivity contribution in [3.63, 3.8) is 0 Å². The van der Waals surface area contributed by atoms with Gasteiger partial charge in [0.1, 0.15) is 0 Å². The Hall–Kier alpha value is -1.16. The van der Waals surface area contributed by atoms with Crippen LogP contribution in [0.2, 0.25) is 0 Å². The molecule has 0 unspecified atom stereocenters. The fraction of sp³-hybridized carbons (Fsp3) is 0. The highest BCUT2D eigenvalue weighted by Gasteiger charge is 2.17. The van der Waals surface area contributed by atoms with Gasteiger partial charge in [-0.1, -0.05) is 0 Å². The average molecular weight is 251 g/mol. The SMILES string of the molecule is [N]c1cc(S(=O)(=O)O)cc(S(=O)(=O)O)c1. The molecule has 0 bridgehead atoms. The van der Waals surface area contributed by atoms with Gasteiger partial charge in [0.15, 0.2) is 0 Å². The molecule has 7 nitrogen and oxygen atoms in total. The highest BCUT2D eigenvalue weighted by molar-refractivity contribution is 7.86. The molecule has 0 aliphatic heterocycles. The summed E-state index contributed by atoms with van der Waals surface area (Å²) in [5.74, 6) is 0. The van der Waals surface area contributed by atoms with Gasteiger partial charge in [0, 0.05) is 0 Å². The van der Waals surface area contributed by atoms with Crippen molar-refractivity contribution in [2.45, 2.75) is 9.79 Å². The molecule has 1 aromatic rings. The lowest BCUT2D eigenvalue weighted by Crippen LogP contribution is -2.03. The van der Waals surface area contributed by atoms with Gasteiger partial charge < -0.3 is 0 Å². The van der Waals surface area contributed by atoms with E-state index in [2.05, 4.69) is 0 Å². The zero-order chi connectivity index (χ0) is 11.9. The highest BCUT2D eigenvalue weighted by Crippen LogP contribution is 2.20. The minimum absolute atomic E-state index is 0.518. The second-order valence-corrected chi connectivity index (χ2v) is 5.46. The Kier molecular flexibility index (Phi) is 2.74. The predicted octanol–water partition coefficient (Wildman–Crippen LogP) is -0.120. The first-order valence-corrected chi connectivity index (χ1v) is 6.28. The van der Waals surface area contributed by atoms with E-state index in [1.165, 1.54) is 0 Å². The molecular weight excluding hydrogens is 246 g/mol. The summed E-state index contributed by atoms with van der Waals surface area (Å²) in [7, 11) is -9.29. The number of hydrogen-bond acceptors (Lipinski definition) is 4. The molecule has 0 spiro atoms. The molecular formula is C6H5NO6S2. The summed E-state index contributed by atoms with van der Waals surface area (Å²) in [4.78, 5) is -1.65. The summed E-state index contributed by atoms with van der Waals surface area (Å²) in [6.45, 7) is 0. The van der Waals surface area contributed by atoms with Crippen LogP contribution >= 0.6 is 0 Å². The molecule has 2 N–H and O–H groups in total. The third-order valence-electron chi connectivity index (χ3n) is 1.46. The molecule has 1 aromatic carbocycles. The normalized spacial score (nSPS) is 12.7. The summed E-state index contributed by atoms with van der Waals surface area (Å²) in [6, 6.07) is 1.80. The van der Waals surface area contributed by atoms with E-state index in [0.717, 1.165) is 0 Å². The van der Waals surface area contributed by atoms with E-state index in [0.29, 0.717) is 18.2 Å². The van der Waals surface area contributed by atoms with Crippen LogP contribution in [0.4, 0.5) is 5.69 Å². The molecule has 0 fully saturated rings. The van der Waals surface area contributed by atoms with Gasteiger partial charge in [-0.3, -0.25) is 9.11 Å². The van der Waals surface area contributed by atoms with Crippen molar-refractivity contribution in [3.8, 4) is 0 Å². The van der Waals surface area contributed by atoms with Crippen molar-refractivity contribution >= 4 is 25.9 Å². The fourth-order valence-electron chi connectivity index (χ4n) is 0.855. The molecule has 0 aliphatic rings. The zero-order valence-electron chi connectivity index (χ0n) is 7.02. The molecule has 0 amide bonds. The Morgan fingerprint density at radius 2 is 1.20 bits per heavy atom. The second-order valence-electron chi connectivity index (χ2n) is 2.61. The summed E-state index contributed by atoms with van der Waals surface area (Å²) >= 11 is 0. The summed E-state index contributed by atoms with van der Waals surface area (Å²) in [5, 5.41) is 0. The first kappa shape index (κ1) is 11.9. The average Bonchev–Trinajstić information content (AvgIpc) is 1.99. The van der Waals surface area contributed by atoms with E-state index in [9.17, 15) is 16.8 Å². The maximum Gasteiger partial charge on any atom is 0.294 e. The van der Waals surface area contributed by atoms with Crippen molar-refractivity contribution < 1.29 is 25.9 Å². The van der Waals surface area contributed by atoms with Crippen LogP contribution in [0.5, 0.6) is 0 Å². The van der Waals surface area contributed by atoms with Crippen LogP contribution in [-0.4, -0.2) is 25.9 Å². The van der Waals surface area contributed by atoms with Crippen LogP contribution in [0.1, 0.15) is 0 Å². The Morgan fingerprint density at radius 3 is 1.47 bits per heavy atom. The van der Waals surface area contributed by atoms with Crippen LogP contribution in [0, 0.1) is 0 Å². The van der Waals surface area contributed by atoms with Crippen molar-refractivity contribution in [1.82, 2.24) is 5.73 Å². The topological polar surface area (TPSA) is 131 Å². The molecule has 0 saturated carbocycles. The number of benzene rings is 1. The third kappa shape index (κ3) is 2.89. The Balaban J connectivity index is 3.57. The van der Waals surface area contributed by atoms with E-state index in [1.54, 1.807) is 0 Å². The van der Waals surface area contributed by atoms with E-state index in [-0.39, 0.29) is 0 Å². The third-order valence-corrected chi connectivity index (χ3v) is 3.12. The highest BCUT2D eigenvalue weighted by atomic mass is 32.2. The lowest BCUT2D eigenvalue weighted by molar-refractivity contribution is 0.481. The fourth-order valence-corrected chi connectivity index (χ4v) is 2.02. The molecule has 2 radical (unpaired) electrons. The largest absolute Gasteiger partial charge is 0.294 e. The summed E-state index contributed by atoms with van der Waals surface area (Å²) in [5.41, 5.74) is 8.26. The smallest absolute Gasteiger partial charge is 0.282 e. The van der Waals surface area contributed by atoms with Crippen molar-refractivity contribution in [1.29, 1.82) is 0 Å². The number of nitrogens with zero attached hydrogens (tertiary/aromatic N) is 1. The molecule has 0 atom stereocenters. The van der Waals surface area contributed by atoms with Gasteiger partial charge >= 0.3 is 0 Å². The van der Waals surface area contributed by atoms with Crippen LogP contribution in [0.25, 0.3) is 0 Å². The van der Waals surface area contributed by atoms with Gasteiger partial charge in [0.05, 0.1) is 15.5 Å². The zero-order valence-corrected chi connectivity index (χ0v) is 8.66. The van der Waals surface area contributed by atoms with E-state index in [4.69, 9.17) is 14.8 Å². The first-order chi connectivity index (χ1) is 6.60. The molecule has 82 valence electrons. The van der Waals surface area contributed by atoms with Crippen LogP contribution in [-0.2, 0) is 20.2 Å². The molecule has 0 saturated heterocycles. The maximum absolute atomic E-state index is 10.6. The predicted molar refractivity (Wildman–Crippen MR) is 47.9 cm³/mol. The standard InChI is InChI=1S/C6H5NO6S2/c7-4-1-5(14(8,9)10)3-6(2-4)15(11,12)13/h1-3H,(H,8,9,10)(H,11,12,13). The minimum atomic E-state index is -4.64. The van der Waals surface area contributed by atoms with E-state index >= 15 is 0 Å². The second kappa shape index (κ2) is 3.45. The Bertz CT molecular complexity index is 538.